The van der Waals surface area contributed by atoms with Crippen LogP contribution in [0.4, 0.5) is 19.3 Å². The van der Waals surface area contributed by atoms with E-state index < -0.39 is 41.6 Å². The molecule has 3 aromatic rings. The van der Waals surface area contributed by atoms with Gasteiger partial charge in [-0.1, -0.05) is 12.1 Å². The molecular weight excluding hydrogens is 462 g/mol. The largest absolute Gasteiger partial charge is 0.325 e. The third-order valence-corrected chi connectivity index (χ3v) is 7.03. The first-order chi connectivity index (χ1) is 16.2. The summed E-state index contributed by atoms with van der Waals surface area (Å²) in [7, 11) is 0. The quantitative estimate of drug-likeness (QED) is 0.575. The fraction of sp³-hybridized carbons (Fsp3) is 0.250. The van der Waals surface area contributed by atoms with Crippen LogP contribution in [0.25, 0.3) is 11.3 Å². The molecule has 5 rings (SSSR count). The average molecular weight is 483 g/mol. The number of anilines is 1. The Balaban J connectivity index is 1.35. The Hall–Kier alpha value is -3.66. The highest BCUT2D eigenvalue weighted by Crippen LogP contribution is 2.34. The minimum absolute atomic E-state index is 0.0935. The molecule has 1 unspecified atom stereocenters. The number of halogens is 2. The van der Waals surface area contributed by atoms with Gasteiger partial charge in [0.15, 0.2) is 11.6 Å². The van der Waals surface area contributed by atoms with Crippen LogP contribution < -0.4 is 10.2 Å². The maximum absolute atomic E-state index is 13.7. The number of aryl methyl sites for hydroxylation is 1. The highest BCUT2D eigenvalue weighted by atomic mass is 32.1. The Kier molecular flexibility index (Phi) is 5.20. The number of hydrogen-bond acceptors (Lipinski definition) is 5. The summed E-state index contributed by atoms with van der Waals surface area (Å²) < 4.78 is 27.1. The van der Waals surface area contributed by atoms with Crippen LogP contribution in [0.2, 0.25) is 0 Å². The van der Waals surface area contributed by atoms with Crippen molar-refractivity contribution in [3.8, 4) is 11.3 Å². The number of carbonyl (C=O) groups is 3. The number of aromatic nitrogens is 1. The minimum atomic E-state index is -1.60. The first-order valence-corrected chi connectivity index (χ1v) is 11.5. The Morgan fingerprint density at radius 3 is 2.68 bits per heavy atom. The first-order valence-electron chi connectivity index (χ1n) is 10.6. The molecule has 34 heavy (non-hydrogen) atoms. The van der Waals surface area contributed by atoms with Gasteiger partial charge in [-0.05, 0) is 55.7 Å². The third-order valence-electron chi connectivity index (χ3n) is 6.26. The number of amides is 4. The van der Waals surface area contributed by atoms with E-state index in [1.165, 1.54) is 13.0 Å². The number of urea groups is 1. The number of hydrogen-bond donors (Lipinski definition) is 1. The van der Waals surface area contributed by atoms with E-state index in [2.05, 4.69) is 10.3 Å². The van der Waals surface area contributed by atoms with E-state index in [1.807, 2.05) is 30.5 Å². The molecule has 10 heteroatoms. The highest BCUT2D eigenvalue weighted by Gasteiger charge is 2.50. The number of nitrogens with one attached hydrogen (secondary N) is 1. The Bertz CT molecular complexity index is 1360. The molecule has 1 atom stereocenters. The zero-order valence-corrected chi connectivity index (χ0v) is 19.2. The summed E-state index contributed by atoms with van der Waals surface area (Å²) in [6.45, 7) is 3.31. The van der Waals surface area contributed by atoms with Crippen LogP contribution in [0.3, 0.4) is 0 Å². The highest BCUT2D eigenvalue weighted by molar-refractivity contribution is 7.09. The van der Waals surface area contributed by atoms with Gasteiger partial charge in [0, 0.05) is 23.2 Å². The molecule has 0 saturated carbocycles. The van der Waals surface area contributed by atoms with Gasteiger partial charge in [0.1, 0.15) is 12.1 Å². The maximum Gasteiger partial charge on any atom is 0.325 e. The normalized spacial score (nSPS) is 19.5. The Labute approximate surface area is 198 Å². The molecule has 1 fully saturated rings. The molecule has 0 bridgehead atoms. The number of benzene rings is 2. The molecule has 1 aromatic heterocycles. The standard InChI is InChI=1S/C24H20F2N4O3S/c1-13-27-19(12-34-13)14-3-6-20-15(9-14)7-8-29(20)21(31)11-30-22(32)24(2,28-23(30)33)16-4-5-17(25)18(26)10-16/h3-6,9-10,12H,7-8,11H2,1-2H3,(H,28,33). The molecule has 2 aliphatic heterocycles. The Morgan fingerprint density at radius 1 is 1.18 bits per heavy atom. The van der Waals surface area contributed by atoms with Gasteiger partial charge in [-0.2, -0.15) is 0 Å². The summed E-state index contributed by atoms with van der Waals surface area (Å²) in [6.07, 6.45) is 0.644. The number of rotatable bonds is 4. The number of fused-ring (bicyclic) bond motifs is 1. The molecule has 2 aromatic carbocycles. The summed E-state index contributed by atoms with van der Waals surface area (Å²) in [5.41, 5.74) is 2.06. The fourth-order valence-corrected chi connectivity index (χ4v) is 5.00. The predicted molar refractivity (Wildman–Crippen MR) is 122 cm³/mol. The molecule has 3 heterocycles. The number of nitrogens with zero attached hydrogens (tertiary/aromatic N) is 3. The van der Waals surface area contributed by atoms with Crippen LogP contribution in [-0.4, -0.2) is 40.8 Å². The first kappa shape index (κ1) is 22.1. The molecule has 174 valence electrons. The Morgan fingerprint density at radius 2 is 1.97 bits per heavy atom. The minimum Gasteiger partial charge on any atom is -0.319 e. The van der Waals surface area contributed by atoms with E-state index in [9.17, 15) is 23.2 Å². The van der Waals surface area contributed by atoms with Crippen LogP contribution >= 0.6 is 11.3 Å². The van der Waals surface area contributed by atoms with Crippen molar-refractivity contribution >= 4 is 34.9 Å². The second-order valence-electron chi connectivity index (χ2n) is 8.47. The van der Waals surface area contributed by atoms with E-state index >= 15 is 0 Å². The van der Waals surface area contributed by atoms with Crippen molar-refractivity contribution in [3.05, 3.63) is 69.5 Å². The summed E-state index contributed by atoms with van der Waals surface area (Å²) in [6, 6.07) is 7.99. The lowest BCUT2D eigenvalue weighted by Crippen LogP contribution is -2.44. The topological polar surface area (TPSA) is 82.6 Å². The molecule has 0 radical (unpaired) electrons. The van der Waals surface area contributed by atoms with Gasteiger partial charge in [0.05, 0.1) is 10.7 Å². The molecule has 4 amide bonds. The van der Waals surface area contributed by atoms with Gasteiger partial charge in [0.2, 0.25) is 5.91 Å². The van der Waals surface area contributed by atoms with E-state index in [-0.39, 0.29) is 5.56 Å². The van der Waals surface area contributed by atoms with E-state index in [0.29, 0.717) is 13.0 Å². The fourth-order valence-electron chi connectivity index (χ4n) is 4.38. The number of thiazole rings is 1. The van der Waals surface area contributed by atoms with Gasteiger partial charge in [-0.15, -0.1) is 11.3 Å². The molecule has 2 aliphatic rings. The van der Waals surface area contributed by atoms with Crippen molar-refractivity contribution in [2.75, 3.05) is 18.0 Å². The number of carbonyl (C=O) groups excluding carboxylic acids is 3. The van der Waals surface area contributed by atoms with Gasteiger partial charge < -0.3 is 10.2 Å². The lowest BCUT2D eigenvalue weighted by Gasteiger charge is -2.23. The monoisotopic (exact) mass is 482 g/mol. The summed E-state index contributed by atoms with van der Waals surface area (Å²) in [4.78, 5) is 45.6. The van der Waals surface area contributed by atoms with Crippen molar-refractivity contribution in [1.82, 2.24) is 15.2 Å². The molecule has 0 spiro atoms. The zero-order chi connectivity index (χ0) is 24.2. The van der Waals surface area contributed by atoms with Crippen molar-refractivity contribution in [2.45, 2.75) is 25.8 Å². The smallest absolute Gasteiger partial charge is 0.319 e. The third kappa shape index (κ3) is 3.54. The maximum atomic E-state index is 13.7. The molecule has 1 N–H and O–H groups in total. The SMILES string of the molecule is Cc1nc(-c2ccc3c(c2)CCN3C(=O)CN2C(=O)NC(C)(c3ccc(F)c(F)c3)C2=O)cs1. The molecule has 0 aliphatic carbocycles. The van der Waals surface area contributed by atoms with Gasteiger partial charge >= 0.3 is 6.03 Å². The van der Waals surface area contributed by atoms with Gasteiger partial charge in [0.25, 0.3) is 5.91 Å². The van der Waals surface area contributed by atoms with Crippen molar-refractivity contribution in [1.29, 1.82) is 0 Å². The van der Waals surface area contributed by atoms with Gasteiger partial charge in [-0.25, -0.2) is 18.6 Å². The lowest BCUT2D eigenvalue weighted by atomic mass is 9.92. The molecular formula is C24H20F2N4O3S. The average Bonchev–Trinajstić information content (AvgIpc) is 3.48. The van der Waals surface area contributed by atoms with Crippen molar-refractivity contribution in [2.24, 2.45) is 0 Å². The summed E-state index contributed by atoms with van der Waals surface area (Å²) >= 11 is 1.57. The van der Waals surface area contributed by atoms with Crippen molar-refractivity contribution in [3.63, 3.8) is 0 Å². The van der Waals surface area contributed by atoms with E-state index in [1.54, 1.807) is 16.2 Å². The van der Waals surface area contributed by atoms with Gasteiger partial charge in [-0.3, -0.25) is 14.5 Å². The molecule has 7 nitrogen and oxygen atoms in total. The van der Waals surface area contributed by atoms with Crippen LogP contribution in [0.15, 0.2) is 41.8 Å². The van der Waals surface area contributed by atoms with Crippen LogP contribution in [0, 0.1) is 18.6 Å². The second kappa shape index (κ2) is 7.98. The van der Waals surface area contributed by atoms with Crippen LogP contribution in [0.5, 0.6) is 0 Å². The number of imide groups is 1. The summed E-state index contributed by atoms with van der Waals surface area (Å²) in [5.74, 6) is -3.30. The lowest BCUT2D eigenvalue weighted by molar-refractivity contribution is -0.134. The summed E-state index contributed by atoms with van der Waals surface area (Å²) in [5, 5.41) is 5.46. The second-order valence-corrected chi connectivity index (χ2v) is 9.53. The van der Waals surface area contributed by atoms with Crippen LogP contribution in [-0.2, 0) is 21.5 Å². The van der Waals surface area contributed by atoms with Crippen molar-refractivity contribution < 1.29 is 23.2 Å². The van der Waals surface area contributed by atoms with E-state index in [4.69, 9.17) is 0 Å². The zero-order valence-electron chi connectivity index (χ0n) is 18.4. The predicted octanol–water partition coefficient (Wildman–Crippen LogP) is 3.75. The van der Waals surface area contributed by atoms with E-state index in [0.717, 1.165) is 44.5 Å². The molecule has 1 saturated heterocycles. The van der Waals surface area contributed by atoms with Crippen LogP contribution in [0.1, 0.15) is 23.1 Å².